The van der Waals surface area contributed by atoms with Gasteiger partial charge in [-0.15, -0.1) is 10.2 Å². The third kappa shape index (κ3) is 3.14. The number of rotatable bonds is 3. The molecule has 0 aliphatic carbocycles. The molecular formula is C20H20N4. The Hall–Kier alpha value is -2.72. The maximum Gasteiger partial charge on any atom is 0.151 e. The molecule has 0 saturated carbocycles. The van der Waals surface area contributed by atoms with E-state index in [2.05, 4.69) is 81.1 Å². The van der Waals surface area contributed by atoms with Crippen LogP contribution >= 0.6 is 0 Å². The standard InChI is InChI=1S/C20H20N4/c1-2-4-16(5-3-1)17-6-8-18(9-7-17)19-10-11-20(23-22-19)24-14-12-21-13-15-24/h1-11,21H,12-15H2. The highest BCUT2D eigenvalue weighted by Crippen LogP contribution is 2.24. The van der Waals surface area contributed by atoms with Crippen molar-refractivity contribution in [1.82, 2.24) is 15.5 Å². The first-order chi connectivity index (χ1) is 11.9. The van der Waals surface area contributed by atoms with Crippen molar-refractivity contribution in [2.24, 2.45) is 0 Å². The normalized spacial score (nSPS) is 14.6. The summed E-state index contributed by atoms with van der Waals surface area (Å²) in [7, 11) is 0. The van der Waals surface area contributed by atoms with E-state index >= 15 is 0 Å². The van der Waals surface area contributed by atoms with Crippen molar-refractivity contribution in [3.05, 3.63) is 66.7 Å². The third-order valence-corrected chi connectivity index (χ3v) is 4.38. The van der Waals surface area contributed by atoms with Crippen molar-refractivity contribution in [1.29, 1.82) is 0 Å². The number of nitrogens with zero attached hydrogens (tertiary/aromatic N) is 3. The Morgan fingerprint density at radius 2 is 1.33 bits per heavy atom. The van der Waals surface area contributed by atoms with Gasteiger partial charge in [-0.2, -0.15) is 0 Å². The van der Waals surface area contributed by atoms with E-state index in [0.717, 1.165) is 43.3 Å². The lowest BCUT2D eigenvalue weighted by Crippen LogP contribution is -2.43. The first-order valence-corrected chi connectivity index (χ1v) is 8.35. The maximum atomic E-state index is 4.41. The van der Waals surface area contributed by atoms with Gasteiger partial charge >= 0.3 is 0 Å². The van der Waals surface area contributed by atoms with Gasteiger partial charge in [0.05, 0.1) is 5.69 Å². The number of anilines is 1. The fourth-order valence-electron chi connectivity index (χ4n) is 3.01. The van der Waals surface area contributed by atoms with Crippen molar-refractivity contribution in [2.45, 2.75) is 0 Å². The van der Waals surface area contributed by atoms with Crippen LogP contribution in [-0.4, -0.2) is 36.4 Å². The lowest BCUT2D eigenvalue weighted by molar-refractivity contribution is 0.583. The molecule has 4 rings (SSSR count). The molecule has 24 heavy (non-hydrogen) atoms. The van der Waals surface area contributed by atoms with E-state index < -0.39 is 0 Å². The van der Waals surface area contributed by atoms with Crippen LogP contribution in [0.25, 0.3) is 22.4 Å². The highest BCUT2D eigenvalue weighted by molar-refractivity contribution is 5.68. The van der Waals surface area contributed by atoms with Crippen LogP contribution in [0.5, 0.6) is 0 Å². The number of hydrogen-bond donors (Lipinski definition) is 1. The van der Waals surface area contributed by atoms with Gasteiger partial charge in [0.25, 0.3) is 0 Å². The van der Waals surface area contributed by atoms with E-state index in [1.807, 2.05) is 6.07 Å². The van der Waals surface area contributed by atoms with Gasteiger partial charge in [0.1, 0.15) is 0 Å². The zero-order chi connectivity index (χ0) is 16.2. The Morgan fingerprint density at radius 1 is 0.667 bits per heavy atom. The summed E-state index contributed by atoms with van der Waals surface area (Å²) in [5.41, 5.74) is 4.44. The van der Waals surface area contributed by atoms with Crippen LogP contribution < -0.4 is 10.2 Å². The molecule has 1 fully saturated rings. The fraction of sp³-hybridized carbons (Fsp3) is 0.200. The average molecular weight is 316 g/mol. The number of hydrogen-bond acceptors (Lipinski definition) is 4. The van der Waals surface area contributed by atoms with E-state index in [1.165, 1.54) is 11.1 Å². The molecule has 4 nitrogen and oxygen atoms in total. The van der Waals surface area contributed by atoms with Crippen LogP contribution in [0.3, 0.4) is 0 Å². The molecule has 1 aliphatic rings. The summed E-state index contributed by atoms with van der Waals surface area (Å²) in [6, 6.07) is 23.0. The number of nitrogens with one attached hydrogen (secondary N) is 1. The molecule has 120 valence electrons. The van der Waals surface area contributed by atoms with Crippen LogP contribution in [0.15, 0.2) is 66.7 Å². The highest BCUT2D eigenvalue weighted by atomic mass is 15.3. The lowest BCUT2D eigenvalue weighted by Gasteiger charge is -2.27. The molecule has 0 spiro atoms. The minimum Gasteiger partial charge on any atom is -0.353 e. The summed E-state index contributed by atoms with van der Waals surface area (Å²) < 4.78 is 0. The Kier molecular flexibility index (Phi) is 4.21. The predicted molar refractivity (Wildman–Crippen MR) is 98.0 cm³/mol. The van der Waals surface area contributed by atoms with Gasteiger partial charge in [-0.05, 0) is 23.3 Å². The zero-order valence-corrected chi connectivity index (χ0v) is 13.5. The summed E-state index contributed by atoms with van der Waals surface area (Å²) >= 11 is 0. The topological polar surface area (TPSA) is 41.0 Å². The summed E-state index contributed by atoms with van der Waals surface area (Å²) in [6.07, 6.45) is 0. The van der Waals surface area contributed by atoms with E-state index in [9.17, 15) is 0 Å². The van der Waals surface area contributed by atoms with Crippen molar-refractivity contribution >= 4 is 5.82 Å². The molecule has 0 atom stereocenters. The molecule has 2 aromatic carbocycles. The van der Waals surface area contributed by atoms with Crippen LogP contribution in [0.1, 0.15) is 0 Å². The summed E-state index contributed by atoms with van der Waals surface area (Å²) in [6.45, 7) is 3.98. The molecule has 1 saturated heterocycles. The number of aromatic nitrogens is 2. The van der Waals surface area contributed by atoms with Crippen LogP contribution in [0, 0.1) is 0 Å². The van der Waals surface area contributed by atoms with Gasteiger partial charge in [0.15, 0.2) is 5.82 Å². The fourth-order valence-corrected chi connectivity index (χ4v) is 3.01. The minimum absolute atomic E-state index is 0.911. The van der Waals surface area contributed by atoms with Gasteiger partial charge in [-0.3, -0.25) is 0 Å². The Morgan fingerprint density at radius 3 is 2.00 bits per heavy atom. The molecule has 1 N–H and O–H groups in total. The molecule has 0 bridgehead atoms. The van der Waals surface area contributed by atoms with Crippen molar-refractivity contribution in [3.63, 3.8) is 0 Å². The van der Waals surface area contributed by atoms with Gasteiger partial charge in [-0.1, -0.05) is 54.6 Å². The smallest absolute Gasteiger partial charge is 0.151 e. The molecule has 1 aliphatic heterocycles. The van der Waals surface area contributed by atoms with Crippen molar-refractivity contribution in [2.75, 3.05) is 31.1 Å². The SMILES string of the molecule is c1ccc(-c2ccc(-c3ccc(N4CCNCC4)nn3)cc2)cc1. The maximum absolute atomic E-state index is 4.41. The molecule has 0 amide bonds. The van der Waals surface area contributed by atoms with Crippen LogP contribution in [0.2, 0.25) is 0 Å². The van der Waals surface area contributed by atoms with Gasteiger partial charge in [-0.25, -0.2) is 0 Å². The molecule has 2 heterocycles. The zero-order valence-electron chi connectivity index (χ0n) is 13.5. The van der Waals surface area contributed by atoms with Crippen LogP contribution in [-0.2, 0) is 0 Å². The first kappa shape index (κ1) is 14.8. The Bertz CT molecular complexity index is 776. The summed E-state index contributed by atoms with van der Waals surface area (Å²) in [5.74, 6) is 0.959. The molecule has 4 heteroatoms. The number of piperazine rings is 1. The second-order valence-electron chi connectivity index (χ2n) is 5.96. The van der Waals surface area contributed by atoms with E-state index in [-0.39, 0.29) is 0 Å². The quantitative estimate of drug-likeness (QED) is 0.805. The van der Waals surface area contributed by atoms with Crippen molar-refractivity contribution < 1.29 is 0 Å². The molecule has 3 aromatic rings. The first-order valence-electron chi connectivity index (χ1n) is 8.35. The summed E-state index contributed by atoms with van der Waals surface area (Å²) in [5, 5.41) is 12.2. The van der Waals surface area contributed by atoms with Crippen molar-refractivity contribution in [3.8, 4) is 22.4 Å². The summed E-state index contributed by atoms with van der Waals surface area (Å²) in [4.78, 5) is 2.27. The Balaban J connectivity index is 1.53. The Labute approximate surface area is 142 Å². The number of benzene rings is 2. The molecular weight excluding hydrogens is 296 g/mol. The monoisotopic (exact) mass is 316 g/mol. The van der Waals surface area contributed by atoms with Gasteiger partial charge < -0.3 is 10.2 Å². The van der Waals surface area contributed by atoms with E-state index in [1.54, 1.807) is 0 Å². The minimum atomic E-state index is 0.911. The molecule has 1 aromatic heterocycles. The predicted octanol–water partition coefficient (Wildman–Crippen LogP) is 3.22. The van der Waals surface area contributed by atoms with E-state index in [0.29, 0.717) is 0 Å². The second-order valence-corrected chi connectivity index (χ2v) is 5.96. The highest BCUT2D eigenvalue weighted by Gasteiger charge is 2.12. The lowest BCUT2D eigenvalue weighted by atomic mass is 10.0. The molecule has 0 unspecified atom stereocenters. The van der Waals surface area contributed by atoms with Gasteiger partial charge in [0, 0.05) is 31.7 Å². The van der Waals surface area contributed by atoms with Gasteiger partial charge in [0.2, 0.25) is 0 Å². The second kappa shape index (κ2) is 6.81. The van der Waals surface area contributed by atoms with Crippen LogP contribution in [0.4, 0.5) is 5.82 Å². The van der Waals surface area contributed by atoms with E-state index in [4.69, 9.17) is 0 Å². The largest absolute Gasteiger partial charge is 0.353 e. The third-order valence-electron chi connectivity index (χ3n) is 4.38. The average Bonchev–Trinajstić information content (AvgIpc) is 2.70. The molecule has 0 radical (unpaired) electrons.